The zero-order valence-electron chi connectivity index (χ0n) is 15.9. The molecule has 9 nitrogen and oxygen atoms in total. The van der Waals surface area contributed by atoms with E-state index in [1.165, 1.54) is 35.4 Å². The van der Waals surface area contributed by atoms with Crippen molar-refractivity contribution >= 4 is 33.3 Å². The summed E-state index contributed by atoms with van der Waals surface area (Å²) in [7, 11) is 1.49. The van der Waals surface area contributed by atoms with Gasteiger partial charge < -0.3 is 4.74 Å². The van der Waals surface area contributed by atoms with Crippen LogP contribution in [-0.4, -0.2) is 41.6 Å². The molecule has 0 atom stereocenters. The van der Waals surface area contributed by atoms with Crippen molar-refractivity contribution in [2.75, 3.05) is 7.11 Å². The predicted octanol–water partition coefficient (Wildman–Crippen LogP) is 3.42. The highest BCUT2D eigenvalue weighted by molar-refractivity contribution is 7.21. The van der Waals surface area contributed by atoms with E-state index < -0.39 is 0 Å². The first-order valence-electron chi connectivity index (χ1n) is 8.97. The number of nitrogens with zero attached hydrogens (tertiary/aromatic N) is 7. The number of hydrogen-bond acceptors (Lipinski definition) is 9. The van der Waals surface area contributed by atoms with Crippen molar-refractivity contribution < 1.29 is 4.74 Å². The smallest absolute Gasteiger partial charge is 0.316 e. The topological polar surface area (TPSA) is 109 Å². The van der Waals surface area contributed by atoms with Crippen molar-refractivity contribution in [1.29, 1.82) is 0 Å². The molecule has 0 unspecified atom stereocenters. The fourth-order valence-electron chi connectivity index (χ4n) is 2.92. The Hall–Kier alpha value is -3.76. The third kappa shape index (κ3) is 3.51. The molecular formula is C20H12ClN7O2S. The van der Waals surface area contributed by atoms with Crippen LogP contribution in [0, 0.1) is 0 Å². The van der Waals surface area contributed by atoms with Crippen LogP contribution >= 0.6 is 22.9 Å². The standard InChI is InChI=1S/C20H12ClN7O2S/c1-30-20-24-7-12(8-25-20)17-27-15-14(31-17)18(29)28(19-22-9-13(21)10-23-19)16(26-15)11-5-3-2-4-6-11/h2-10H,1H3. The van der Waals surface area contributed by atoms with E-state index in [4.69, 9.17) is 16.3 Å². The van der Waals surface area contributed by atoms with Crippen molar-refractivity contribution in [3.63, 3.8) is 0 Å². The van der Waals surface area contributed by atoms with Gasteiger partial charge in [-0.2, -0.15) is 0 Å². The molecule has 0 saturated heterocycles. The van der Waals surface area contributed by atoms with Crippen molar-refractivity contribution in [1.82, 2.24) is 34.5 Å². The SMILES string of the molecule is COc1ncc(-c2nc3nc(-c4ccccc4)n(-c4ncc(Cl)cn4)c(=O)c3s2)cn1. The zero-order valence-corrected chi connectivity index (χ0v) is 17.5. The van der Waals surface area contributed by atoms with Crippen LogP contribution < -0.4 is 10.3 Å². The summed E-state index contributed by atoms with van der Waals surface area (Å²) in [5, 5.41) is 0.933. The van der Waals surface area contributed by atoms with Crippen LogP contribution in [0.3, 0.4) is 0 Å². The molecule has 4 heterocycles. The lowest BCUT2D eigenvalue weighted by molar-refractivity contribution is 0.380. The molecule has 0 amide bonds. The maximum absolute atomic E-state index is 13.5. The average molecular weight is 450 g/mol. The van der Waals surface area contributed by atoms with Crippen LogP contribution in [-0.2, 0) is 0 Å². The lowest BCUT2D eigenvalue weighted by atomic mass is 10.2. The summed E-state index contributed by atoms with van der Waals surface area (Å²) in [4.78, 5) is 39.3. The summed E-state index contributed by atoms with van der Waals surface area (Å²) < 4.78 is 6.72. The van der Waals surface area contributed by atoms with Gasteiger partial charge in [0.2, 0.25) is 5.95 Å². The van der Waals surface area contributed by atoms with E-state index >= 15 is 0 Å². The zero-order chi connectivity index (χ0) is 21.4. The molecule has 0 aliphatic carbocycles. The molecule has 0 N–H and O–H groups in total. The van der Waals surface area contributed by atoms with Crippen LogP contribution in [0.15, 0.2) is 59.9 Å². The highest BCUT2D eigenvalue weighted by Crippen LogP contribution is 2.29. The van der Waals surface area contributed by atoms with Gasteiger partial charge >= 0.3 is 6.01 Å². The fraction of sp³-hybridized carbons (Fsp3) is 0.0500. The largest absolute Gasteiger partial charge is 0.467 e. The van der Waals surface area contributed by atoms with Crippen LogP contribution in [0.4, 0.5) is 0 Å². The van der Waals surface area contributed by atoms with Crippen LogP contribution in [0.1, 0.15) is 0 Å². The summed E-state index contributed by atoms with van der Waals surface area (Å²) in [6.45, 7) is 0. The Morgan fingerprint density at radius 1 is 0.935 bits per heavy atom. The molecule has 0 saturated carbocycles. The molecule has 0 radical (unpaired) electrons. The molecule has 0 aliphatic heterocycles. The second-order valence-corrected chi connectivity index (χ2v) is 7.71. The third-order valence-electron chi connectivity index (χ3n) is 4.33. The van der Waals surface area contributed by atoms with E-state index in [2.05, 4.69) is 29.9 Å². The van der Waals surface area contributed by atoms with E-state index in [1.54, 1.807) is 12.4 Å². The highest BCUT2D eigenvalue weighted by Gasteiger charge is 2.20. The molecule has 11 heteroatoms. The molecule has 152 valence electrons. The van der Waals surface area contributed by atoms with Gasteiger partial charge in [-0.05, 0) is 0 Å². The molecule has 0 bridgehead atoms. The average Bonchev–Trinajstić information content (AvgIpc) is 3.25. The summed E-state index contributed by atoms with van der Waals surface area (Å²) in [6.07, 6.45) is 6.04. The molecule has 5 aromatic rings. The van der Waals surface area contributed by atoms with Gasteiger partial charge in [0, 0.05) is 23.5 Å². The van der Waals surface area contributed by atoms with Gasteiger partial charge in [-0.25, -0.2) is 34.5 Å². The Labute approximate surface area is 184 Å². The summed E-state index contributed by atoms with van der Waals surface area (Å²) in [5.74, 6) is 0.550. The molecule has 0 spiro atoms. The summed E-state index contributed by atoms with van der Waals surface area (Å²) in [5.41, 5.74) is 1.37. The van der Waals surface area contributed by atoms with Crippen molar-refractivity contribution in [3.8, 4) is 33.9 Å². The second-order valence-electron chi connectivity index (χ2n) is 6.27. The number of methoxy groups -OCH3 is 1. The Morgan fingerprint density at radius 2 is 1.65 bits per heavy atom. The number of hydrogen-bond donors (Lipinski definition) is 0. The van der Waals surface area contributed by atoms with Gasteiger partial charge in [-0.1, -0.05) is 41.9 Å². The lowest BCUT2D eigenvalue weighted by Crippen LogP contribution is -2.23. The van der Waals surface area contributed by atoms with E-state index in [0.717, 1.165) is 5.56 Å². The first-order valence-corrected chi connectivity index (χ1v) is 10.2. The molecule has 31 heavy (non-hydrogen) atoms. The number of benzene rings is 1. The summed E-state index contributed by atoms with van der Waals surface area (Å²) in [6, 6.07) is 9.56. The summed E-state index contributed by atoms with van der Waals surface area (Å²) >= 11 is 7.12. The van der Waals surface area contributed by atoms with Crippen molar-refractivity contribution in [2.45, 2.75) is 0 Å². The molecule has 0 aliphatic rings. The minimum absolute atomic E-state index is 0.172. The molecular weight excluding hydrogens is 438 g/mol. The Balaban J connectivity index is 1.76. The molecule has 1 aromatic carbocycles. The lowest BCUT2D eigenvalue weighted by Gasteiger charge is -2.10. The van der Waals surface area contributed by atoms with Crippen molar-refractivity contribution in [2.24, 2.45) is 0 Å². The predicted molar refractivity (Wildman–Crippen MR) is 117 cm³/mol. The quantitative estimate of drug-likeness (QED) is 0.410. The van der Waals surface area contributed by atoms with Gasteiger partial charge in [0.25, 0.3) is 5.56 Å². The maximum Gasteiger partial charge on any atom is 0.316 e. The molecule has 5 rings (SSSR count). The van der Waals surface area contributed by atoms with Crippen LogP contribution in [0.2, 0.25) is 5.02 Å². The van der Waals surface area contributed by atoms with E-state index in [-0.39, 0.29) is 17.5 Å². The Bertz CT molecular complexity index is 1440. The maximum atomic E-state index is 13.5. The van der Waals surface area contributed by atoms with Crippen LogP contribution in [0.25, 0.3) is 38.3 Å². The second kappa shape index (κ2) is 7.82. The molecule has 4 aromatic heterocycles. The van der Waals surface area contributed by atoms with Gasteiger partial charge in [0.1, 0.15) is 9.71 Å². The first-order chi connectivity index (χ1) is 15.1. The number of fused-ring (bicyclic) bond motifs is 1. The highest BCUT2D eigenvalue weighted by atomic mass is 35.5. The van der Waals surface area contributed by atoms with Gasteiger partial charge in [-0.3, -0.25) is 4.79 Å². The Kier molecular flexibility index (Phi) is 4.85. The van der Waals surface area contributed by atoms with E-state index in [0.29, 0.717) is 31.8 Å². The van der Waals surface area contributed by atoms with E-state index in [1.807, 2.05) is 30.3 Å². The van der Waals surface area contributed by atoms with E-state index in [9.17, 15) is 4.79 Å². The minimum Gasteiger partial charge on any atom is -0.467 e. The number of halogens is 1. The number of aromatic nitrogens is 7. The normalized spacial score (nSPS) is 11.0. The number of ether oxygens (including phenoxy) is 1. The van der Waals surface area contributed by atoms with Gasteiger partial charge in [0.05, 0.1) is 24.5 Å². The van der Waals surface area contributed by atoms with Gasteiger partial charge in [-0.15, -0.1) is 11.3 Å². The van der Waals surface area contributed by atoms with Crippen molar-refractivity contribution in [3.05, 3.63) is 70.5 Å². The number of rotatable bonds is 4. The Morgan fingerprint density at radius 3 is 2.32 bits per heavy atom. The number of thiazole rings is 1. The monoisotopic (exact) mass is 449 g/mol. The van der Waals surface area contributed by atoms with Crippen LogP contribution in [0.5, 0.6) is 6.01 Å². The first kappa shape index (κ1) is 19.2. The minimum atomic E-state index is -0.329. The van der Waals surface area contributed by atoms with Gasteiger partial charge in [0.15, 0.2) is 11.5 Å². The molecule has 0 fully saturated rings. The fourth-order valence-corrected chi connectivity index (χ4v) is 3.93. The third-order valence-corrected chi connectivity index (χ3v) is 5.60.